The molecule has 1 fully saturated rings. The molecule has 2 rings (SSSR count). The fraction of sp³-hybridized carbons (Fsp3) is 0.438. The van der Waals surface area contributed by atoms with Crippen molar-refractivity contribution >= 4 is 35.2 Å². The summed E-state index contributed by atoms with van der Waals surface area (Å²) >= 11 is 11.8. The Kier molecular flexibility index (Phi) is 5.68. The Balaban J connectivity index is 1.89. The highest BCUT2D eigenvalue weighted by molar-refractivity contribution is 6.42. The summed E-state index contributed by atoms with van der Waals surface area (Å²) in [5, 5.41) is 13.3. The summed E-state index contributed by atoms with van der Waals surface area (Å²) in [7, 11) is 0. The van der Waals surface area contributed by atoms with E-state index in [1.54, 1.807) is 24.3 Å². The lowest BCUT2D eigenvalue weighted by Crippen LogP contribution is -2.37. The molecule has 1 aromatic carbocycles. The number of carbonyl (C=O) groups excluding carboxylic acids is 1. The Morgan fingerprint density at radius 3 is 2.62 bits per heavy atom. The molecule has 0 radical (unpaired) electrons. The van der Waals surface area contributed by atoms with E-state index < -0.39 is 0 Å². The standard InChI is InChI=1S/C16H19Cl2NO2/c17-13-5-3-12(9-14(13)18)4-6-15(21)19-10-16(11-20)7-1-2-8-16/h3-6,9,20H,1-2,7-8,10-11H2,(H,19,21)/b6-4+. The van der Waals surface area contributed by atoms with Gasteiger partial charge in [0, 0.05) is 18.0 Å². The van der Waals surface area contributed by atoms with E-state index in [1.165, 1.54) is 6.08 Å². The van der Waals surface area contributed by atoms with Gasteiger partial charge in [-0.05, 0) is 36.6 Å². The third-order valence-corrected chi connectivity index (χ3v) is 4.75. The van der Waals surface area contributed by atoms with E-state index in [4.69, 9.17) is 23.2 Å². The monoisotopic (exact) mass is 327 g/mol. The number of aliphatic hydroxyl groups is 1. The van der Waals surface area contributed by atoms with Gasteiger partial charge in [-0.2, -0.15) is 0 Å². The second-order valence-corrected chi connectivity index (χ2v) is 6.40. The maximum absolute atomic E-state index is 11.8. The van der Waals surface area contributed by atoms with Gasteiger partial charge in [0.2, 0.25) is 5.91 Å². The van der Waals surface area contributed by atoms with Crippen molar-refractivity contribution in [1.29, 1.82) is 0 Å². The van der Waals surface area contributed by atoms with Crippen molar-refractivity contribution in [3.8, 4) is 0 Å². The van der Waals surface area contributed by atoms with Crippen LogP contribution in [0.15, 0.2) is 24.3 Å². The van der Waals surface area contributed by atoms with Crippen molar-refractivity contribution in [1.82, 2.24) is 5.32 Å². The minimum Gasteiger partial charge on any atom is -0.396 e. The van der Waals surface area contributed by atoms with Crippen LogP contribution in [0.3, 0.4) is 0 Å². The van der Waals surface area contributed by atoms with Crippen molar-refractivity contribution in [3.05, 3.63) is 39.9 Å². The Morgan fingerprint density at radius 1 is 1.29 bits per heavy atom. The summed E-state index contributed by atoms with van der Waals surface area (Å²) in [5.41, 5.74) is 0.685. The lowest BCUT2D eigenvalue weighted by atomic mass is 9.87. The second kappa shape index (κ2) is 7.30. The van der Waals surface area contributed by atoms with E-state index in [1.807, 2.05) is 0 Å². The van der Waals surface area contributed by atoms with Crippen LogP contribution in [0.25, 0.3) is 6.08 Å². The fourth-order valence-electron chi connectivity index (χ4n) is 2.64. The van der Waals surface area contributed by atoms with Gasteiger partial charge in [0.05, 0.1) is 16.7 Å². The van der Waals surface area contributed by atoms with Crippen LogP contribution >= 0.6 is 23.2 Å². The number of halogens is 2. The molecule has 114 valence electrons. The first-order valence-electron chi connectivity index (χ1n) is 7.06. The zero-order valence-electron chi connectivity index (χ0n) is 11.7. The minimum atomic E-state index is -0.166. The van der Waals surface area contributed by atoms with Gasteiger partial charge in [-0.1, -0.05) is 42.1 Å². The molecule has 1 aliphatic carbocycles. The first-order chi connectivity index (χ1) is 10.0. The van der Waals surface area contributed by atoms with E-state index >= 15 is 0 Å². The van der Waals surface area contributed by atoms with Crippen molar-refractivity contribution in [2.45, 2.75) is 25.7 Å². The molecule has 2 N–H and O–H groups in total. The van der Waals surface area contributed by atoms with Crippen LogP contribution in [0.1, 0.15) is 31.2 Å². The first kappa shape index (κ1) is 16.3. The highest BCUT2D eigenvalue weighted by Gasteiger charge is 2.33. The van der Waals surface area contributed by atoms with Gasteiger partial charge in [-0.25, -0.2) is 0 Å². The third kappa shape index (κ3) is 4.47. The molecule has 0 unspecified atom stereocenters. The molecule has 0 atom stereocenters. The van der Waals surface area contributed by atoms with Gasteiger partial charge in [-0.3, -0.25) is 4.79 Å². The lowest BCUT2D eigenvalue weighted by molar-refractivity contribution is -0.117. The van der Waals surface area contributed by atoms with Crippen molar-refractivity contribution in [2.75, 3.05) is 13.2 Å². The number of benzene rings is 1. The third-order valence-electron chi connectivity index (χ3n) is 4.01. The largest absolute Gasteiger partial charge is 0.396 e. The van der Waals surface area contributed by atoms with Crippen LogP contribution in [0, 0.1) is 5.41 Å². The van der Waals surface area contributed by atoms with Gasteiger partial charge >= 0.3 is 0 Å². The lowest BCUT2D eigenvalue weighted by Gasteiger charge is -2.26. The molecule has 1 aliphatic rings. The SMILES string of the molecule is O=C(/C=C/c1ccc(Cl)c(Cl)c1)NCC1(CO)CCCC1. The molecule has 0 aliphatic heterocycles. The normalized spacial score (nSPS) is 17.3. The van der Waals surface area contributed by atoms with E-state index in [0.29, 0.717) is 16.6 Å². The molecule has 3 nitrogen and oxygen atoms in total. The van der Waals surface area contributed by atoms with Crippen molar-refractivity contribution in [3.63, 3.8) is 0 Å². The summed E-state index contributed by atoms with van der Waals surface area (Å²) < 4.78 is 0. The van der Waals surface area contributed by atoms with Crippen LogP contribution in [0.5, 0.6) is 0 Å². The van der Waals surface area contributed by atoms with E-state index in [-0.39, 0.29) is 17.9 Å². The summed E-state index contributed by atoms with van der Waals surface area (Å²) in [6, 6.07) is 5.20. The van der Waals surface area contributed by atoms with Gasteiger partial charge in [-0.15, -0.1) is 0 Å². The zero-order valence-corrected chi connectivity index (χ0v) is 13.3. The summed E-state index contributed by atoms with van der Waals surface area (Å²) in [5.74, 6) is -0.166. The topological polar surface area (TPSA) is 49.3 Å². The van der Waals surface area contributed by atoms with Crippen LogP contribution in [-0.2, 0) is 4.79 Å². The maximum Gasteiger partial charge on any atom is 0.244 e. The molecule has 1 aromatic rings. The molecular formula is C16H19Cl2NO2. The van der Waals surface area contributed by atoms with E-state index in [2.05, 4.69) is 5.32 Å². The fourth-order valence-corrected chi connectivity index (χ4v) is 2.94. The average molecular weight is 328 g/mol. The Hall–Kier alpha value is -1.03. The second-order valence-electron chi connectivity index (χ2n) is 5.59. The van der Waals surface area contributed by atoms with Crippen molar-refractivity contribution < 1.29 is 9.90 Å². The van der Waals surface area contributed by atoms with Gasteiger partial charge < -0.3 is 10.4 Å². The average Bonchev–Trinajstić information content (AvgIpc) is 2.96. The number of hydrogen-bond acceptors (Lipinski definition) is 2. The highest BCUT2D eigenvalue weighted by Crippen LogP contribution is 2.36. The molecule has 0 spiro atoms. The van der Waals surface area contributed by atoms with Gasteiger partial charge in [0.15, 0.2) is 0 Å². The van der Waals surface area contributed by atoms with Crippen LogP contribution < -0.4 is 5.32 Å². The van der Waals surface area contributed by atoms with Crippen molar-refractivity contribution in [2.24, 2.45) is 5.41 Å². The highest BCUT2D eigenvalue weighted by atomic mass is 35.5. The predicted octanol–water partition coefficient (Wildman–Crippen LogP) is 3.68. The summed E-state index contributed by atoms with van der Waals surface area (Å²) in [6.45, 7) is 0.651. The van der Waals surface area contributed by atoms with E-state index in [9.17, 15) is 9.90 Å². The Bertz CT molecular complexity index is 537. The Morgan fingerprint density at radius 2 is 2.00 bits per heavy atom. The van der Waals surface area contributed by atoms with Gasteiger partial charge in [0.25, 0.3) is 0 Å². The first-order valence-corrected chi connectivity index (χ1v) is 7.82. The number of amides is 1. The molecule has 21 heavy (non-hydrogen) atoms. The number of nitrogens with one attached hydrogen (secondary N) is 1. The minimum absolute atomic E-state index is 0.129. The number of rotatable bonds is 5. The summed E-state index contributed by atoms with van der Waals surface area (Å²) in [6.07, 6.45) is 7.35. The smallest absolute Gasteiger partial charge is 0.244 e. The quantitative estimate of drug-likeness (QED) is 0.810. The van der Waals surface area contributed by atoms with Gasteiger partial charge in [0.1, 0.15) is 0 Å². The van der Waals surface area contributed by atoms with Crippen LogP contribution in [-0.4, -0.2) is 24.2 Å². The van der Waals surface area contributed by atoms with E-state index in [0.717, 1.165) is 31.2 Å². The molecule has 1 amide bonds. The number of aliphatic hydroxyl groups excluding tert-OH is 1. The maximum atomic E-state index is 11.8. The molecule has 1 saturated carbocycles. The molecule has 0 bridgehead atoms. The summed E-state index contributed by atoms with van der Waals surface area (Å²) in [4.78, 5) is 11.8. The Labute approximate surface area is 134 Å². The molecule has 0 aromatic heterocycles. The predicted molar refractivity (Wildman–Crippen MR) is 86.5 cm³/mol. The number of carbonyl (C=O) groups is 1. The van der Waals surface area contributed by atoms with Crippen LogP contribution in [0.2, 0.25) is 10.0 Å². The molecule has 0 heterocycles. The molecular weight excluding hydrogens is 309 g/mol. The zero-order chi connectivity index (χ0) is 15.3. The molecule has 0 saturated heterocycles. The molecule has 5 heteroatoms. The number of hydrogen-bond donors (Lipinski definition) is 2. The van der Waals surface area contributed by atoms with Crippen LogP contribution in [0.4, 0.5) is 0 Å².